The number of hydrogen-bond acceptors (Lipinski definition) is 8. The van der Waals surface area contributed by atoms with E-state index >= 15 is 0 Å². The Balaban J connectivity index is 1.20. The zero-order valence-corrected chi connectivity index (χ0v) is 25.0. The molecule has 11 nitrogen and oxygen atoms in total. The molecule has 3 N–H and O–H groups in total. The summed E-state index contributed by atoms with van der Waals surface area (Å²) in [7, 11) is 0. The lowest BCUT2D eigenvalue weighted by Gasteiger charge is -2.15. The number of rotatable bonds is 9. The molecular formula is C33H32FN9O2. The van der Waals surface area contributed by atoms with Gasteiger partial charge in [0.25, 0.3) is 0 Å². The summed E-state index contributed by atoms with van der Waals surface area (Å²) in [6, 6.07) is 10.3. The van der Waals surface area contributed by atoms with Gasteiger partial charge in [0.1, 0.15) is 23.7 Å². The molecule has 0 aliphatic carbocycles. The van der Waals surface area contributed by atoms with E-state index in [1.807, 2.05) is 38.1 Å². The Labute approximate surface area is 258 Å². The summed E-state index contributed by atoms with van der Waals surface area (Å²) >= 11 is 0. The van der Waals surface area contributed by atoms with E-state index in [4.69, 9.17) is 14.7 Å². The number of amides is 1. The van der Waals surface area contributed by atoms with Gasteiger partial charge in [0.15, 0.2) is 11.5 Å². The molecule has 45 heavy (non-hydrogen) atoms. The van der Waals surface area contributed by atoms with Crippen molar-refractivity contribution in [3.8, 4) is 39.7 Å². The van der Waals surface area contributed by atoms with Crippen LogP contribution < -0.4 is 10.1 Å². The molecule has 1 amide bonds. The van der Waals surface area contributed by atoms with E-state index in [1.165, 1.54) is 25.0 Å². The highest BCUT2D eigenvalue weighted by Crippen LogP contribution is 2.33. The van der Waals surface area contributed by atoms with Crippen LogP contribution >= 0.6 is 0 Å². The van der Waals surface area contributed by atoms with Gasteiger partial charge in [-0.15, -0.1) is 0 Å². The van der Waals surface area contributed by atoms with E-state index < -0.39 is 5.82 Å². The van der Waals surface area contributed by atoms with Gasteiger partial charge in [-0.2, -0.15) is 5.10 Å². The first-order chi connectivity index (χ1) is 21.9. The van der Waals surface area contributed by atoms with Crippen molar-refractivity contribution in [1.29, 1.82) is 0 Å². The third kappa shape index (κ3) is 5.96. The molecule has 0 bridgehead atoms. The maximum absolute atomic E-state index is 14.8. The summed E-state index contributed by atoms with van der Waals surface area (Å²) in [5.41, 5.74) is 6.44. The summed E-state index contributed by atoms with van der Waals surface area (Å²) in [4.78, 5) is 36.3. The van der Waals surface area contributed by atoms with E-state index in [2.05, 4.69) is 35.4 Å². The number of benzene rings is 1. The smallest absolute Gasteiger partial charge is 0.226 e. The molecule has 5 aromatic heterocycles. The number of pyridine rings is 3. The molecule has 6 aromatic rings. The monoisotopic (exact) mass is 605 g/mol. The number of ether oxygens (including phenoxy) is 1. The van der Waals surface area contributed by atoms with E-state index in [0.717, 1.165) is 30.7 Å². The average molecular weight is 606 g/mol. The molecule has 1 fully saturated rings. The van der Waals surface area contributed by atoms with Crippen molar-refractivity contribution in [3.05, 3.63) is 67.0 Å². The fourth-order valence-corrected chi connectivity index (χ4v) is 5.52. The fourth-order valence-electron chi connectivity index (χ4n) is 5.52. The van der Waals surface area contributed by atoms with Crippen molar-refractivity contribution < 1.29 is 13.9 Å². The quantitative estimate of drug-likeness (QED) is 0.187. The Bertz CT molecular complexity index is 2010. The van der Waals surface area contributed by atoms with Crippen molar-refractivity contribution in [1.82, 2.24) is 40.0 Å². The van der Waals surface area contributed by atoms with E-state index in [9.17, 15) is 9.18 Å². The second-order valence-electron chi connectivity index (χ2n) is 11.5. The second kappa shape index (κ2) is 12.0. The standard InChI is InChI=1S/C33H32FN9O2/c1-19(2)33(44)37-23-12-21(15-35-16-23)26-5-6-27-30(38-26)31(42-41-27)32-39-28-18-36-17-25(29(28)40-32)20-11-22(34)14-24(13-20)45-10-9-43-7-3-4-8-43/h5-6,11-19H,3-4,7-10H2,1-2H3,(H,37,44)(H,39,40)(H,41,42). The third-order valence-corrected chi connectivity index (χ3v) is 7.91. The van der Waals surface area contributed by atoms with E-state index in [1.54, 1.807) is 24.8 Å². The minimum absolute atomic E-state index is 0.0901. The highest BCUT2D eigenvalue weighted by Gasteiger charge is 2.19. The largest absolute Gasteiger partial charge is 0.492 e. The molecule has 0 unspecified atom stereocenters. The predicted octanol–water partition coefficient (Wildman–Crippen LogP) is 5.83. The first kappa shape index (κ1) is 28.5. The molecule has 6 heterocycles. The van der Waals surface area contributed by atoms with E-state index in [-0.39, 0.29) is 11.8 Å². The second-order valence-corrected chi connectivity index (χ2v) is 11.5. The van der Waals surface area contributed by atoms with Gasteiger partial charge in [-0.25, -0.2) is 14.4 Å². The van der Waals surface area contributed by atoms with Gasteiger partial charge in [-0.05, 0) is 61.8 Å². The lowest BCUT2D eigenvalue weighted by Crippen LogP contribution is -2.25. The number of halogens is 1. The van der Waals surface area contributed by atoms with Gasteiger partial charge in [-0.3, -0.25) is 24.8 Å². The molecule has 228 valence electrons. The number of fused-ring (bicyclic) bond motifs is 2. The number of aromatic amines is 2. The van der Waals surface area contributed by atoms with E-state index in [0.29, 0.717) is 62.9 Å². The Hall–Kier alpha value is -5.23. The van der Waals surface area contributed by atoms with Gasteiger partial charge >= 0.3 is 0 Å². The van der Waals surface area contributed by atoms with Crippen LogP contribution in [0.5, 0.6) is 5.75 Å². The van der Waals surface area contributed by atoms with Crippen LogP contribution in [0.3, 0.4) is 0 Å². The summed E-state index contributed by atoms with van der Waals surface area (Å²) < 4.78 is 20.7. The number of anilines is 1. The molecule has 0 saturated carbocycles. The Morgan fingerprint density at radius 3 is 2.67 bits per heavy atom. The molecule has 1 aliphatic heterocycles. The van der Waals surface area contributed by atoms with Crippen LogP contribution in [0.25, 0.3) is 56.0 Å². The number of hydrogen-bond donors (Lipinski definition) is 3. The van der Waals surface area contributed by atoms with Crippen LogP contribution in [-0.2, 0) is 4.79 Å². The maximum Gasteiger partial charge on any atom is 0.226 e. The Kier molecular flexibility index (Phi) is 7.64. The summed E-state index contributed by atoms with van der Waals surface area (Å²) in [6.07, 6.45) is 9.08. The third-order valence-electron chi connectivity index (χ3n) is 7.91. The summed E-state index contributed by atoms with van der Waals surface area (Å²) in [5, 5.41) is 10.4. The average Bonchev–Trinajstić information content (AvgIpc) is 3.80. The maximum atomic E-state index is 14.8. The topological polar surface area (TPSA) is 138 Å². The number of H-pyrrole nitrogens is 2. The van der Waals surface area contributed by atoms with Gasteiger partial charge in [0, 0.05) is 42.0 Å². The molecular weight excluding hydrogens is 573 g/mol. The van der Waals surface area contributed by atoms with Crippen molar-refractivity contribution in [3.63, 3.8) is 0 Å². The number of likely N-dealkylation sites (tertiary alicyclic amines) is 1. The lowest BCUT2D eigenvalue weighted by atomic mass is 10.1. The number of aromatic nitrogens is 7. The molecule has 1 saturated heterocycles. The van der Waals surface area contributed by atoms with Gasteiger partial charge < -0.3 is 15.0 Å². The predicted molar refractivity (Wildman–Crippen MR) is 170 cm³/mol. The van der Waals surface area contributed by atoms with Crippen LogP contribution in [-0.4, -0.2) is 72.2 Å². The lowest BCUT2D eigenvalue weighted by molar-refractivity contribution is -0.118. The summed E-state index contributed by atoms with van der Waals surface area (Å²) in [5.74, 6) is 0.317. The Morgan fingerprint density at radius 2 is 1.82 bits per heavy atom. The molecule has 0 atom stereocenters. The van der Waals surface area contributed by atoms with Gasteiger partial charge in [0.05, 0.1) is 40.3 Å². The van der Waals surface area contributed by atoms with Crippen LogP contribution in [0.4, 0.5) is 10.1 Å². The minimum atomic E-state index is -0.395. The molecule has 7 rings (SSSR count). The molecule has 1 aromatic carbocycles. The van der Waals surface area contributed by atoms with Crippen LogP contribution in [0, 0.1) is 11.7 Å². The van der Waals surface area contributed by atoms with Crippen LogP contribution in [0.1, 0.15) is 26.7 Å². The molecule has 0 radical (unpaired) electrons. The van der Waals surface area contributed by atoms with Crippen molar-refractivity contribution in [2.24, 2.45) is 5.92 Å². The molecule has 12 heteroatoms. The van der Waals surface area contributed by atoms with Crippen LogP contribution in [0.2, 0.25) is 0 Å². The van der Waals surface area contributed by atoms with Crippen molar-refractivity contribution >= 4 is 33.7 Å². The summed E-state index contributed by atoms with van der Waals surface area (Å²) in [6.45, 7) is 7.14. The first-order valence-corrected chi connectivity index (χ1v) is 15.0. The molecule has 0 spiro atoms. The minimum Gasteiger partial charge on any atom is -0.492 e. The van der Waals surface area contributed by atoms with Gasteiger partial charge in [-0.1, -0.05) is 13.8 Å². The molecule has 1 aliphatic rings. The first-order valence-electron chi connectivity index (χ1n) is 15.0. The highest BCUT2D eigenvalue weighted by molar-refractivity contribution is 5.96. The normalized spacial score (nSPS) is 13.7. The zero-order valence-electron chi connectivity index (χ0n) is 25.0. The van der Waals surface area contributed by atoms with Crippen molar-refractivity contribution in [2.75, 3.05) is 31.6 Å². The van der Waals surface area contributed by atoms with Crippen molar-refractivity contribution in [2.45, 2.75) is 26.7 Å². The number of nitrogens with one attached hydrogen (secondary N) is 3. The zero-order chi connectivity index (χ0) is 30.9. The fraction of sp³-hybridized carbons (Fsp3) is 0.273. The SMILES string of the molecule is CC(C)C(=O)Nc1cncc(-c2ccc3[nH]nc(-c4nc5c(-c6cc(F)cc(OCCN7CCCC7)c6)cncc5[nH]4)c3n2)c1. The number of imidazole rings is 1. The van der Waals surface area contributed by atoms with Gasteiger partial charge in [0.2, 0.25) is 5.91 Å². The highest BCUT2D eigenvalue weighted by atomic mass is 19.1. The number of carbonyl (C=O) groups excluding carboxylic acids is 1. The number of nitrogens with zero attached hydrogens (tertiary/aromatic N) is 6. The number of carbonyl (C=O) groups is 1. The van der Waals surface area contributed by atoms with Crippen LogP contribution in [0.15, 0.2) is 61.2 Å². The Morgan fingerprint density at radius 1 is 0.978 bits per heavy atom.